The van der Waals surface area contributed by atoms with E-state index in [9.17, 15) is 9.59 Å². The summed E-state index contributed by atoms with van der Waals surface area (Å²) >= 11 is 0. The second-order valence-corrected chi connectivity index (χ2v) is 3.44. The molecule has 0 saturated heterocycles. The van der Waals surface area contributed by atoms with Gasteiger partial charge in [0.25, 0.3) is 0 Å². The molecule has 82 valence electrons. The number of hydrogen-bond donors (Lipinski definition) is 3. The number of hydrogen-bond acceptors (Lipinski definition) is 3. The molecule has 0 bridgehead atoms. The number of rotatable bonds is 6. The molecule has 4 N–H and O–H groups in total. The SMILES string of the molecule is CCCC(N)C(C(=O)O)C(C)C(=O)O. The van der Waals surface area contributed by atoms with E-state index in [2.05, 4.69) is 0 Å². The van der Waals surface area contributed by atoms with Gasteiger partial charge in [-0.2, -0.15) is 0 Å². The average Bonchev–Trinajstić information content (AvgIpc) is 2.03. The molecular weight excluding hydrogens is 186 g/mol. The lowest BCUT2D eigenvalue weighted by Crippen LogP contribution is -2.42. The van der Waals surface area contributed by atoms with Crippen LogP contribution in [0.25, 0.3) is 0 Å². The van der Waals surface area contributed by atoms with Crippen LogP contribution in [-0.2, 0) is 9.59 Å². The minimum atomic E-state index is -1.14. The molecule has 0 heterocycles. The van der Waals surface area contributed by atoms with Gasteiger partial charge in [-0.3, -0.25) is 9.59 Å². The summed E-state index contributed by atoms with van der Waals surface area (Å²) in [5.74, 6) is -4.22. The minimum Gasteiger partial charge on any atom is -0.481 e. The molecule has 3 unspecified atom stereocenters. The highest BCUT2D eigenvalue weighted by Gasteiger charge is 2.34. The van der Waals surface area contributed by atoms with Gasteiger partial charge in [0.2, 0.25) is 0 Å². The van der Waals surface area contributed by atoms with Crippen molar-refractivity contribution in [3.05, 3.63) is 0 Å². The maximum absolute atomic E-state index is 10.8. The highest BCUT2D eigenvalue weighted by Crippen LogP contribution is 2.18. The molecule has 0 rings (SSSR count). The fourth-order valence-electron chi connectivity index (χ4n) is 1.43. The van der Waals surface area contributed by atoms with Gasteiger partial charge in [-0.15, -0.1) is 0 Å². The Labute approximate surface area is 82.9 Å². The van der Waals surface area contributed by atoms with Crippen LogP contribution in [0.4, 0.5) is 0 Å². The van der Waals surface area contributed by atoms with Gasteiger partial charge in [-0.1, -0.05) is 20.3 Å². The molecule has 0 aromatic rings. The van der Waals surface area contributed by atoms with Crippen LogP contribution in [-0.4, -0.2) is 28.2 Å². The normalized spacial score (nSPS) is 17.1. The molecular formula is C9H17NO4. The van der Waals surface area contributed by atoms with Gasteiger partial charge in [0.05, 0.1) is 11.8 Å². The third-order valence-electron chi connectivity index (χ3n) is 2.30. The Morgan fingerprint density at radius 2 is 1.79 bits per heavy atom. The van der Waals surface area contributed by atoms with Crippen molar-refractivity contribution in [1.29, 1.82) is 0 Å². The van der Waals surface area contributed by atoms with Crippen molar-refractivity contribution in [2.75, 3.05) is 0 Å². The molecule has 0 radical (unpaired) electrons. The molecule has 5 nitrogen and oxygen atoms in total. The summed E-state index contributed by atoms with van der Waals surface area (Å²) in [6, 6.07) is -0.594. The van der Waals surface area contributed by atoms with Crippen LogP contribution in [0.15, 0.2) is 0 Å². The quantitative estimate of drug-likeness (QED) is 0.584. The van der Waals surface area contributed by atoms with Crippen molar-refractivity contribution in [3.63, 3.8) is 0 Å². The zero-order valence-electron chi connectivity index (χ0n) is 8.43. The fraction of sp³-hybridized carbons (Fsp3) is 0.778. The Morgan fingerprint density at radius 3 is 2.07 bits per heavy atom. The maximum atomic E-state index is 10.8. The van der Waals surface area contributed by atoms with Gasteiger partial charge in [-0.25, -0.2) is 0 Å². The van der Waals surface area contributed by atoms with Crippen LogP contribution < -0.4 is 5.73 Å². The number of aliphatic carboxylic acids is 2. The zero-order chi connectivity index (χ0) is 11.3. The first kappa shape index (κ1) is 12.9. The highest BCUT2D eigenvalue weighted by atomic mass is 16.4. The molecule has 0 aromatic carbocycles. The molecule has 3 atom stereocenters. The lowest BCUT2D eigenvalue weighted by atomic mass is 9.85. The molecule has 14 heavy (non-hydrogen) atoms. The number of carboxylic acid groups (broad SMARTS) is 2. The van der Waals surface area contributed by atoms with Crippen LogP contribution in [0.5, 0.6) is 0 Å². The van der Waals surface area contributed by atoms with E-state index in [1.807, 2.05) is 6.92 Å². The lowest BCUT2D eigenvalue weighted by molar-refractivity contribution is -0.153. The van der Waals surface area contributed by atoms with Crippen molar-refractivity contribution >= 4 is 11.9 Å². The van der Waals surface area contributed by atoms with Crippen molar-refractivity contribution < 1.29 is 19.8 Å². The van der Waals surface area contributed by atoms with E-state index in [-0.39, 0.29) is 0 Å². The first-order valence-electron chi connectivity index (χ1n) is 4.63. The van der Waals surface area contributed by atoms with Crippen molar-refractivity contribution in [3.8, 4) is 0 Å². The van der Waals surface area contributed by atoms with Crippen LogP contribution in [0, 0.1) is 11.8 Å². The molecule has 0 aliphatic rings. The summed E-state index contributed by atoms with van der Waals surface area (Å²) < 4.78 is 0. The van der Waals surface area contributed by atoms with E-state index in [0.29, 0.717) is 6.42 Å². The summed E-state index contributed by atoms with van der Waals surface area (Å²) in [7, 11) is 0. The van der Waals surface area contributed by atoms with Gasteiger partial charge < -0.3 is 15.9 Å². The summed E-state index contributed by atoms with van der Waals surface area (Å²) in [6.07, 6.45) is 1.27. The smallest absolute Gasteiger partial charge is 0.308 e. The molecule has 0 aromatic heterocycles. The highest BCUT2D eigenvalue weighted by molar-refractivity contribution is 5.80. The number of carbonyl (C=O) groups is 2. The van der Waals surface area contributed by atoms with Gasteiger partial charge in [0.1, 0.15) is 0 Å². The molecule has 0 aliphatic carbocycles. The first-order valence-corrected chi connectivity index (χ1v) is 4.63. The summed E-state index contributed by atoms with van der Waals surface area (Å²) in [5.41, 5.74) is 5.62. The Bertz CT molecular complexity index is 217. The molecule has 5 heteroatoms. The molecule has 0 fully saturated rings. The Kier molecular flexibility index (Phi) is 5.15. The monoisotopic (exact) mass is 203 g/mol. The first-order chi connectivity index (χ1) is 6.41. The molecule has 0 spiro atoms. The van der Waals surface area contributed by atoms with Crippen LogP contribution in [0.1, 0.15) is 26.7 Å². The fourth-order valence-corrected chi connectivity index (χ4v) is 1.43. The summed E-state index contributed by atoms with van der Waals surface area (Å²) in [6.45, 7) is 3.25. The van der Waals surface area contributed by atoms with Crippen molar-refractivity contribution in [2.45, 2.75) is 32.7 Å². The van der Waals surface area contributed by atoms with E-state index in [1.54, 1.807) is 0 Å². The third-order valence-corrected chi connectivity index (χ3v) is 2.30. The van der Waals surface area contributed by atoms with Crippen LogP contribution in [0.2, 0.25) is 0 Å². The van der Waals surface area contributed by atoms with Crippen LogP contribution in [0.3, 0.4) is 0 Å². The Balaban J connectivity index is 4.58. The van der Waals surface area contributed by atoms with E-state index >= 15 is 0 Å². The average molecular weight is 203 g/mol. The van der Waals surface area contributed by atoms with Crippen molar-refractivity contribution in [1.82, 2.24) is 0 Å². The third kappa shape index (κ3) is 3.33. The van der Waals surface area contributed by atoms with Gasteiger partial charge in [0, 0.05) is 6.04 Å². The molecule has 0 saturated carbocycles. The van der Waals surface area contributed by atoms with Gasteiger partial charge in [-0.05, 0) is 6.42 Å². The second kappa shape index (κ2) is 5.59. The number of carboxylic acids is 2. The topological polar surface area (TPSA) is 101 Å². The predicted octanol–water partition coefficient (Wildman–Crippen LogP) is 0.535. The van der Waals surface area contributed by atoms with E-state index in [1.165, 1.54) is 6.92 Å². The largest absolute Gasteiger partial charge is 0.481 e. The van der Waals surface area contributed by atoms with E-state index in [0.717, 1.165) is 6.42 Å². The lowest BCUT2D eigenvalue weighted by Gasteiger charge is -2.22. The van der Waals surface area contributed by atoms with E-state index < -0.39 is 29.8 Å². The second-order valence-electron chi connectivity index (χ2n) is 3.44. The molecule has 0 amide bonds. The van der Waals surface area contributed by atoms with Gasteiger partial charge in [0.15, 0.2) is 0 Å². The maximum Gasteiger partial charge on any atom is 0.308 e. The zero-order valence-corrected chi connectivity index (χ0v) is 8.43. The summed E-state index contributed by atoms with van der Waals surface area (Å²) in [5, 5.41) is 17.5. The Hall–Kier alpha value is -1.10. The minimum absolute atomic E-state index is 0.522. The Morgan fingerprint density at radius 1 is 1.29 bits per heavy atom. The molecule has 0 aliphatic heterocycles. The summed E-state index contributed by atoms with van der Waals surface area (Å²) in [4.78, 5) is 21.5. The van der Waals surface area contributed by atoms with Crippen LogP contribution >= 0.6 is 0 Å². The predicted molar refractivity (Wildman–Crippen MR) is 50.8 cm³/mol. The number of nitrogens with two attached hydrogens (primary N) is 1. The standard InChI is InChI=1S/C9H17NO4/c1-3-4-6(10)7(9(13)14)5(2)8(11)12/h5-7H,3-4,10H2,1-2H3,(H,11,12)(H,13,14). The van der Waals surface area contributed by atoms with Crippen molar-refractivity contribution in [2.24, 2.45) is 17.6 Å². The van der Waals surface area contributed by atoms with E-state index in [4.69, 9.17) is 15.9 Å². The van der Waals surface area contributed by atoms with Gasteiger partial charge >= 0.3 is 11.9 Å².